The molecule has 0 saturated carbocycles. The van der Waals surface area contributed by atoms with Crippen LogP contribution in [0, 0.1) is 0 Å². The second kappa shape index (κ2) is 5.33. The molecule has 1 aliphatic heterocycles. The number of thiazole rings is 1. The van der Waals surface area contributed by atoms with E-state index in [1.807, 2.05) is 0 Å². The quantitative estimate of drug-likeness (QED) is 0.741. The molecule has 6 nitrogen and oxygen atoms in total. The van der Waals surface area contributed by atoms with Crippen LogP contribution < -0.4 is 11.0 Å². The molecular formula is C14H12F3N5OS. The Bertz CT molecular complexity index is 957. The molecule has 1 unspecified atom stereocenters. The molecular weight excluding hydrogens is 343 g/mol. The molecule has 0 saturated heterocycles. The number of nitrogens with one attached hydrogen (secondary N) is 2. The number of hydrogen-bond acceptors (Lipinski definition) is 5. The van der Waals surface area contributed by atoms with Crippen molar-refractivity contribution in [2.24, 2.45) is 0 Å². The predicted octanol–water partition coefficient (Wildman–Crippen LogP) is 2.63. The fourth-order valence-electron chi connectivity index (χ4n) is 2.81. The normalized spacial score (nSPS) is 17.9. The van der Waals surface area contributed by atoms with Crippen molar-refractivity contribution in [1.82, 2.24) is 19.7 Å². The molecule has 1 atom stereocenters. The largest absolute Gasteiger partial charge is 0.416 e. The standard InChI is InChI=1S/C14H12F3N5OS/c15-14(16,17)7-1-2-10-9(5-7)19-12(24-10)18-8-3-4-22-11(6-8)20-21-13(22)23/h1-2,5,8H,3-4,6H2,(H,18,19)(H,21,23). The minimum Gasteiger partial charge on any atom is -0.358 e. The summed E-state index contributed by atoms with van der Waals surface area (Å²) in [4.78, 5) is 15.7. The van der Waals surface area contributed by atoms with Crippen LogP contribution in [-0.4, -0.2) is 25.8 Å². The number of benzene rings is 1. The van der Waals surface area contributed by atoms with E-state index in [0.717, 1.165) is 18.6 Å². The second-order valence-corrected chi connectivity index (χ2v) is 6.66. The highest BCUT2D eigenvalue weighted by atomic mass is 32.1. The molecule has 0 aliphatic carbocycles. The van der Waals surface area contributed by atoms with Crippen LogP contribution in [-0.2, 0) is 19.1 Å². The van der Waals surface area contributed by atoms with Gasteiger partial charge in [0, 0.05) is 19.0 Å². The average molecular weight is 355 g/mol. The summed E-state index contributed by atoms with van der Waals surface area (Å²) < 4.78 is 40.6. The average Bonchev–Trinajstić information content (AvgIpc) is 3.09. The van der Waals surface area contributed by atoms with E-state index in [2.05, 4.69) is 20.5 Å². The summed E-state index contributed by atoms with van der Waals surface area (Å²) in [6, 6.07) is 3.60. The van der Waals surface area contributed by atoms with Gasteiger partial charge in [0.05, 0.1) is 15.8 Å². The van der Waals surface area contributed by atoms with Crippen LogP contribution in [0.1, 0.15) is 17.8 Å². The van der Waals surface area contributed by atoms with Gasteiger partial charge in [-0.3, -0.25) is 4.57 Å². The highest BCUT2D eigenvalue weighted by molar-refractivity contribution is 7.22. The maximum Gasteiger partial charge on any atom is 0.416 e. The predicted molar refractivity (Wildman–Crippen MR) is 83.2 cm³/mol. The first-order valence-electron chi connectivity index (χ1n) is 7.28. The molecule has 0 fully saturated rings. The lowest BCUT2D eigenvalue weighted by molar-refractivity contribution is -0.137. The minimum atomic E-state index is -4.38. The smallest absolute Gasteiger partial charge is 0.358 e. The van der Waals surface area contributed by atoms with Crippen LogP contribution in [0.5, 0.6) is 0 Å². The van der Waals surface area contributed by atoms with Crippen LogP contribution in [0.4, 0.5) is 18.3 Å². The van der Waals surface area contributed by atoms with Crippen LogP contribution in [0.15, 0.2) is 23.0 Å². The number of nitrogens with zero attached hydrogens (tertiary/aromatic N) is 3. The highest BCUT2D eigenvalue weighted by Crippen LogP contribution is 2.34. The zero-order valence-electron chi connectivity index (χ0n) is 12.2. The van der Waals surface area contributed by atoms with Gasteiger partial charge in [-0.25, -0.2) is 14.9 Å². The maximum absolute atomic E-state index is 12.8. The molecule has 126 valence electrons. The Kier molecular flexibility index (Phi) is 3.37. The fourth-order valence-corrected chi connectivity index (χ4v) is 3.73. The molecule has 3 aromatic rings. The Morgan fingerprint density at radius 3 is 3.00 bits per heavy atom. The van der Waals surface area contributed by atoms with E-state index < -0.39 is 11.7 Å². The second-order valence-electron chi connectivity index (χ2n) is 5.63. The number of alkyl halides is 3. The van der Waals surface area contributed by atoms with Gasteiger partial charge < -0.3 is 5.32 Å². The Morgan fingerprint density at radius 1 is 1.38 bits per heavy atom. The van der Waals surface area contributed by atoms with Crippen molar-refractivity contribution in [2.45, 2.75) is 31.6 Å². The molecule has 1 aromatic carbocycles. The molecule has 10 heteroatoms. The van der Waals surface area contributed by atoms with Gasteiger partial charge in [-0.15, -0.1) is 0 Å². The summed E-state index contributed by atoms with van der Waals surface area (Å²) >= 11 is 1.31. The summed E-state index contributed by atoms with van der Waals surface area (Å²) in [7, 11) is 0. The molecule has 3 heterocycles. The Labute approximate surface area is 137 Å². The first kappa shape index (κ1) is 15.2. The third kappa shape index (κ3) is 2.66. The number of anilines is 1. The van der Waals surface area contributed by atoms with Gasteiger partial charge in [-0.05, 0) is 24.6 Å². The van der Waals surface area contributed by atoms with E-state index in [9.17, 15) is 18.0 Å². The molecule has 0 radical (unpaired) electrons. The van der Waals surface area contributed by atoms with E-state index in [4.69, 9.17) is 0 Å². The van der Waals surface area contributed by atoms with E-state index >= 15 is 0 Å². The molecule has 0 spiro atoms. The van der Waals surface area contributed by atoms with Crippen molar-refractivity contribution < 1.29 is 13.2 Å². The molecule has 2 N–H and O–H groups in total. The van der Waals surface area contributed by atoms with Crippen LogP contribution in [0.3, 0.4) is 0 Å². The van der Waals surface area contributed by atoms with Crippen LogP contribution >= 0.6 is 11.3 Å². The van der Waals surface area contributed by atoms with Gasteiger partial charge in [0.1, 0.15) is 5.82 Å². The first-order chi connectivity index (χ1) is 11.4. The number of H-pyrrole nitrogens is 1. The maximum atomic E-state index is 12.8. The lowest BCUT2D eigenvalue weighted by Gasteiger charge is -2.22. The van der Waals surface area contributed by atoms with E-state index in [1.54, 1.807) is 4.57 Å². The van der Waals surface area contributed by atoms with Gasteiger partial charge in [-0.1, -0.05) is 11.3 Å². The number of fused-ring (bicyclic) bond motifs is 2. The van der Waals surface area contributed by atoms with Crippen molar-refractivity contribution in [3.05, 3.63) is 40.1 Å². The summed E-state index contributed by atoms with van der Waals surface area (Å²) in [6.45, 7) is 0.547. The van der Waals surface area contributed by atoms with Gasteiger partial charge >= 0.3 is 11.9 Å². The zero-order chi connectivity index (χ0) is 16.9. The third-order valence-corrected chi connectivity index (χ3v) is 4.98. The number of halogens is 3. The van der Waals surface area contributed by atoms with E-state index in [-0.39, 0.29) is 11.7 Å². The Hall–Kier alpha value is -2.36. The Morgan fingerprint density at radius 2 is 2.21 bits per heavy atom. The van der Waals surface area contributed by atoms with Crippen molar-refractivity contribution in [3.8, 4) is 0 Å². The molecule has 4 rings (SSSR count). The third-order valence-electron chi connectivity index (χ3n) is 4.01. The summed E-state index contributed by atoms with van der Waals surface area (Å²) in [6.07, 6.45) is -3.10. The SMILES string of the molecule is O=c1[nH]nc2n1CCC(Nc1nc3cc(C(F)(F)F)ccc3s1)C2. The minimum absolute atomic E-state index is 0.0374. The topological polar surface area (TPSA) is 75.6 Å². The highest BCUT2D eigenvalue weighted by Gasteiger charge is 2.31. The fraction of sp³-hybridized carbons (Fsp3) is 0.357. The molecule has 2 aromatic heterocycles. The van der Waals surface area contributed by atoms with Gasteiger partial charge in [0.25, 0.3) is 0 Å². The molecule has 0 amide bonds. The number of rotatable bonds is 2. The van der Waals surface area contributed by atoms with Gasteiger partial charge in [0.15, 0.2) is 5.13 Å². The number of aromatic amines is 1. The van der Waals surface area contributed by atoms with E-state index in [0.29, 0.717) is 34.1 Å². The number of hydrogen-bond donors (Lipinski definition) is 2. The van der Waals surface area contributed by atoms with Crippen molar-refractivity contribution in [2.75, 3.05) is 5.32 Å². The molecule has 24 heavy (non-hydrogen) atoms. The van der Waals surface area contributed by atoms with Crippen LogP contribution in [0.25, 0.3) is 10.2 Å². The Balaban J connectivity index is 1.56. The molecule has 0 bridgehead atoms. The van der Waals surface area contributed by atoms with E-state index in [1.165, 1.54) is 17.4 Å². The molecule has 1 aliphatic rings. The van der Waals surface area contributed by atoms with Gasteiger partial charge in [0.2, 0.25) is 0 Å². The van der Waals surface area contributed by atoms with Crippen molar-refractivity contribution in [1.29, 1.82) is 0 Å². The van der Waals surface area contributed by atoms with Crippen molar-refractivity contribution >= 4 is 26.7 Å². The summed E-state index contributed by atoms with van der Waals surface area (Å²) in [5, 5.41) is 10.2. The van der Waals surface area contributed by atoms with Crippen molar-refractivity contribution in [3.63, 3.8) is 0 Å². The summed E-state index contributed by atoms with van der Waals surface area (Å²) in [5.41, 5.74) is -0.599. The van der Waals surface area contributed by atoms with Crippen LogP contribution in [0.2, 0.25) is 0 Å². The monoisotopic (exact) mass is 355 g/mol. The lowest BCUT2D eigenvalue weighted by atomic mass is 10.1. The lowest BCUT2D eigenvalue weighted by Crippen LogP contribution is -2.33. The number of aromatic nitrogens is 4. The van der Waals surface area contributed by atoms with Gasteiger partial charge in [-0.2, -0.15) is 18.3 Å². The first-order valence-corrected chi connectivity index (χ1v) is 8.10. The zero-order valence-corrected chi connectivity index (χ0v) is 13.0. The summed E-state index contributed by atoms with van der Waals surface area (Å²) in [5.74, 6) is 0.671.